The highest BCUT2D eigenvalue weighted by Gasteiger charge is 2.11. The van der Waals surface area contributed by atoms with Crippen LogP contribution in [0.25, 0.3) is 22.4 Å². The highest BCUT2D eigenvalue weighted by molar-refractivity contribution is 8.00. The lowest BCUT2D eigenvalue weighted by Crippen LogP contribution is -1.95. The van der Waals surface area contributed by atoms with Gasteiger partial charge in [0.1, 0.15) is 16.6 Å². The molecule has 0 fully saturated rings. The summed E-state index contributed by atoms with van der Waals surface area (Å²) in [7, 11) is 0. The molecule has 4 nitrogen and oxygen atoms in total. The first-order valence-corrected chi connectivity index (χ1v) is 7.25. The molecule has 5 heteroatoms. The quantitative estimate of drug-likeness (QED) is 0.746. The maximum atomic E-state index is 11.1. The van der Waals surface area contributed by atoms with Crippen LogP contribution in [0, 0.1) is 0 Å². The van der Waals surface area contributed by atoms with E-state index < -0.39 is 0 Å². The van der Waals surface area contributed by atoms with Crippen molar-refractivity contribution in [3.8, 4) is 11.4 Å². The van der Waals surface area contributed by atoms with Gasteiger partial charge in [0, 0.05) is 11.8 Å². The molecule has 1 N–H and O–H groups in total. The number of thioether (sulfide) groups is 1. The van der Waals surface area contributed by atoms with Gasteiger partial charge in [0.2, 0.25) is 0 Å². The Morgan fingerprint density at radius 1 is 1.25 bits per heavy atom. The minimum atomic E-state index is 0.135. The third-order valence-electron chi connectivity index (χ3n) is 2.83. The van der Waals surface area contributed by atoms with Crippen molar-refractivity contribution < 1.29 is 4.79 Å². The van der Waals surface area contributed by atoms with Crippen molar-refractivity contribution in [1.82, 2.24) is 15.0 Å². The van der Waals surface area contributed by atoms with Crippen molar-refractivity contribution in [2.24, 2.45) is 0 Å². The maximum Gasteiger partial charge on any atom is 0.141 e. The van der Waals surface area contributed by atoms with E-state index >= 15 is 0 Å². The fourth-order valence-electron chi connectivity index (χ4n) is 1.94. The van der Waals surface area contributed by atoms with E-state index in [9.17, 15) is 4.79 Å². The molecule has 0 spiro atoms. The summed E-state index contributed by atoms with van der Waals surface area (Å²) in [5.41, 5.74) is 2.85. The predicted molar refractivity (Wildman–Crippen MR) is 80.7 cm³/mol. The number of aromatic amines is 1. The van der Waals surface area contributed by atoms with Gasteiger partial charge in [-0.15, -0.1) is 0 Å². The Hall–Kier alpha value is -2.14. The average molecular weight is 283 g/mol. The molecule has 3 rings (SSSR count). The van der Waals surface area contributed by atoms with E-state index in [0.29, 0.717) is 5.75 Å². The van der Waals surface area contributed by atoms with Gasteiger partial charge in [-0.1, -0.05) is 23.9 Å². The van der Waals surface area contributed by atoms with Crippen LogP contribution in [0.15, 0.2) is 47.6 Å². The largest absolute Gasteiger partial charge is 0.338 e. The number of hydrogen-bond donors (Lipinski definition) is 1. The van der Waals surface area contributed by atoms with Gasteiger partial charge in [-0.2, -0.15) is 0 Å². The lowest BCUT2D eigenvalue weighted by Gasteiger charge is -2.04. The highest BCUT2D eigenvalue weighted by Crippen LogP contribution is 2.28. The number of carbonyl (C=O) groups excluding carboxylic acids is 1. The number of Topliss-reactive ketones (excluding diaryl/α,β-unsaturated/α-hetero) is 1. The van der Waals surface area contributed by atoms with Crippen LogP contribution in [-0.4, -0.2) is 26.5 Å². The van der Waals surface area contributed by atoms with E-state index in [0.717, 1.165) is 27.4 Å². The summed E-state index contributed by atoms with van der Waals surface area (Å²) in [4.78, 5) is 23.3. The molecule has 2 heterocycles. The van der Waals surface area contributed by atoms with Gasteiger partial charge >= 0.3 is 0 Å². The van der Waals surface area contributed by atoms with Gasteiger partial charge in [-0.25, -0.2) is 9.97 Å². The molecule has 0 unspecified atom stereocenters. The molecule has 3 aromatic rings. The number of fused-ring (bicyclic) bond motifs is 1. The molecule has 0 saturated heterocycles. The number of rotatable bonds is 4. The second kappa shape index (κ2) is 5.46. The average Bonchev–Trinajstić information content (AvgIpc) is 2.89. The number of pyridine rings is 1. The monoisotopic (exact) mass is 283 g/mol. The predicted octanol–water partition coefficient (Wildman–Crippen LogP) is 3.31. The number of imidazole rings is 1. The number of nitrogens with one attached hydrogen (secondary N) is 1. The fraction of sp³-hybridized carbons (Fsp3) is 0.133. The molecule has 0 aliphatic rings. The molecule has 0 aliphatic carbocycles. The third-order valence-corrected chi connectivity index (χ3v) is 3.98. The number of ketones is 1. The molecule has 0 saturated carbocycles. The first-order valence-electron chi connectivity index (χ1n) is 6.26. The lowest BCUT2D eigenvalue weighted by molar-refractivity contribution is -0.114. The molecule has 0 amide bonds. The number of carbonyl (C=O) groups is 1. The summed E-state index contributed by atoms with van der Waals surface area (Å²) >= 11 is 1.44. The normalized spacial score (nSPS) is 10.8. The number of benzene rings is 1. The zero-order valence-corrected chi connectivity index (χ0v) is 11.8. The molecule has 100 valence electrons. The second-order valence-electron chi connectivity index (χ2n) is 4.45. The van der Waals surface area contributed by atoms with E-state index in [-0.39, 0.29) is 5.78 Å². The van der Waals surface area contributed by atoms with E-state index in [1.165, 1.54) is 11.8 Å². The van der Waals surface area contributed by atoms with E-state index in [1.54, 1.807) is 13.1 Å². The minimum Gasteiger partial charge on any atom is -0.338 e. The molecule has 0 atom stereocenters. The third kappa shape index (κ3) is 2.58. The standard InChI is InChI=1S/C15H13N3OS/c1-10(19)9-20-15-11(5-4-8-16-15)14-17-12-6-2-3-7-13(12)18-14/h2-8H,9H2,1H3,(H,17,18). The Labute approximate surface area is 120 Å². The first-order chi connectivity index (χ1) is 9.74. The Balaban J connectivity index is 2.02. The van der Waals surface area contributed by atoms with Crippen LogP contribution in [0.4, 0.5) is 0 Å². The molecule has 20 heavy (non-hydrogen) atoms. The van der Waals surface area contributed by atoms with Crippen LogP contribution in [0.1, 0.15) is 6.92 Å². The Bertz CT molecular complexity index is 733. The summed E-state index contributed by atoms with van der Waals surface area (Å²) in [6.07, 6.45) is 1.73. The van der Waals surface area contributed by atoms with Gasteiger partial charge in [0.05, 0.1) is 16.8 Å². The Morgan fingerprint density at radius 2 is 2.10 bits per heavy atom. The number of hydrogen-bond acceptors (Lipinski definition) is 4. The smallest absolute Gasteiger partial charge is 0.141 e. The van der Waals surface area contributed by atoms with Gasteiger partial charge < -0.3 is 4.98 Å². The maximum absolute atomic E-state index is 11.1. The van der Waals surface area contributed by atoms with E-state index in [1.807, 2.05) is 36.4 Å². The van der Waals surface area contributed by atoms with E-state index in [4.69, 9.17) is 0 Å². The van der Waals surface area contributed by atoms with Crippen LogP contribution < -0.4 is 0 Å². The van der Waals surface area contributed by atoms with Gasteiger partial charge in [-0.05, 0) is 31.2 Å². The fourth-order valence-corrected chi connectivity index (χ4v) is 2.73. The van der Waals surface area contributed by atoms with Crippen LogP contribution in [0.2, 0.25) is 0 Å². The van der Waals surface area contributed by atoms with Crippen LogP contribution in [0.3, 0.4) is 0 Å². The molecule has 1 aromatic carbocycles. The summed E-state index contributed by atoms with van der Waals surface area (Å²) in [5.74, 6) is 1.34. The van der Waals surface area contributed by atoms with E-state index in [2.05, 4.69) is 15.0 Å². The minimum absolute atomic E-state index is 0.135. The van der Waals surface area contributed by atoms with Crippen molar-refractivity contribution >= 4 is 28.6 Å². The van der Waals surface area contributed by atoms with Crippen molar-refractivity contribution in [3.63, 3.8) is 0 Å². The molecular formula is C15H13N3OS. The van der Waals surface area contributed by atoms with Gasteiger partial charge in [0.15, 0.2) is 0 Å². The van der Waals surface area contributed by atoms with Gasteiger partial charge in [0.25, 0.3) is 0 Å². The van der Waals surface area contributed by atoms with Crippen molar-refractivity contribution in [3.05, 3.63) is 42.6 Å². The summed E-state index contributed by atoms with van der Waals surface area (Å²) in [5, 5.41) is 0.821. The SMILES string of the molecule is CC(=O)CSc1ncccc1-c1nc2ccccc2[nH]1. The first kappa shape index (κ1) is 12.9. The number of nitrogens with zero attached hydrogens (tertiary/aromatic N) is 2. The number of para-hydroxylation sites is 2. The summed E-state index contributed by atoms with van der Waals surface area (Å²) in [6.45, 7) is 1.58. The number of H-pyrrole nitrogens is 1. The zero-order chi connectivity index (χ0) is 13.9. The lowest BCUT2D eigenvalue weighted by atomic mass is 10.3. The van der Waals surface area contributed by atoms with Crippen molar-refractivity contribution in [2.45, 2.75) is 11.9 Å². The molecule has 0 aliphatic heterocycles. The van der Waals surface area contributed by atoms with Crippen molar-refractivity contribution in [2.75, 3.05) is 5.75 Å². The number of aromatic nitrogens is 3. The van der Waals surface area contributed by atoms with Gasteiger partial charge in [-0.3, -0.25) is 4.79 Å². The van der Waals surface area contributed by atoms with Crippen LogP contribution >= 0.6 is 11.8 Å². The Kier molecular flexibility index (Phi) is 3.52. The Morgan fingerprint density at radius 3 is 2.90 bits per heavy atom. The zero-order valence-electron chi connectivity index (χ0n) is 11.0. The summed E-state index contributed by atoms with van der Waals surface area (Å²) < 4.78 is 0. The molecule has 0 bridgehead atoms. The summed E-state index contributed by atoms with van der Waals surface area (Å²) in [6, 6.07) is 11.7. The second-order valence-corrected chi connectivity index (χ2v) is 5.41. The molecular weight excluding hydrogens is 270 g/mol. The van der Waals surface area contributed by atoms with Crippen molar-refractivity contribution in [1.29, 1.82) is 0 Å². The topological polar surface area (TPSA) is 58.6 Å². The molecule has 0 radical (unpaired) electrons. The van der Waals surface area contributed by atoms with Crippen LogP contribution in [0.5, 0.6) is 0 Å². The van der Waals surface area contributed by atoms with Crippen LogP contribution in [-0.2, 0) is 4.79 Å². The highest BCUT2D eigenvalue weighted by atomic mass is 32.2. The molecule has 2 aromatic heterocycles.